The van der Waals surface area contributed by atoms with Gasteiger partial charge in [-0.05, 0) is 36.4 Å². The molecule has 5 rings (SSSR count). The summed E-state index contributed by atoms with van der Waals surface area (Å²) in [4.78, 5) is 17.5. The molecule has 2 aromatic carbocycles. The van der Waals surface area contributed by atoms with Crippen molar-refractivity contribution in [3.05, 3.63) is 59.7 Å². The molecule has 1 amide bonds. The minimum atomic E-state index is -0.798. The standard InChI is InChI=1S/C19H13FN4O3S/c20-12-7-5-11(6-8-12)13-10-28-19-22-18(23-24(13)19)21-17(25)16-9-26-14-3-1-2-4-15(14)27-16/h1-8,10,16H,9H2,(H,21,23,25). The number of hydrogen-bond acceptors (Lipinski definition) is 6. The predicted molar refractivity (Wildman–Crippen MR) is 101 cm³/mol. The van der Waals surface area contributed by atoms with Crippen molar-refractivity contribution in [2.45, 2.75) is 6.10 Å². The summed E-state index contributed by atoms with van der Waals surface area (Å²) in [6, 6.07) is 13.3. The Morgan fingerprint density at radius 3 is 2.79 bits per heavy atom. The van der Waals surface area contributed by atoms with Crippen molar-refractivity contribution in [1.29, 1.82) is 0 Å². The number of rotatable bonds is 3. The van der Waals surface area contributed by atoms with Crippen LogP contribution in [0, 0.1) is 5.82 Å². The van der Waals surface area contributed by atoms with E-state index in [-0.39, 0.29) is 18.4 Å². The van der Waals surface area contributed by atoms with E-state index in [9.17, 15) is 9.18 Å². The van der Waals surface area contributed by atoms with Crippen molar-refractivity contribution < 1.29 is 18.7 Å². The Balaban J connectivity index is 1.36. The third-order valence-corrected chi connectivity index (χ3v) is 5.07. The van der Waals surface area contributed by atoms with E-state index in [0.717, 1.165) is 11.3 Å². The molecule has 0 saturated carbocycles. The van der Waals surface area contributed by atoms with Crippen molar-refractivity contribution in [1.82, 2.24) is 14.6 Å². The summed E-state index contributed by atoms with van der Waals surface area (Å²) in [5.74, 6) is 0.596. The molecule has 28 heavy (non-hydrogen) atoms. The lowest BCUT2D eigenvalue weighted by atomic mass is 10.2. The average molecular weight is 396 g/mol. The van der Waals surface area contributed by atoms with Gasteiger partial charge < -0.3 is 9.47 Å². The van der Waals surface area contributed by atoms with Gasteiger partial charge in [0.25, 0.3) is 11.9 Å². The van der Waals surface area contributed by atoms with Gasteiger partial charge in [-0.25, -0.2) is 8.91 Å². The van der Waals surface area contributed by atoms with Gasteiger partial charge in [0.15, 0.2) is 11.5 Å². The number of nitrogens with one attached hydrogen (secondary N) is 1. The second-order valence-corrected chi connectivity index (χ2v) is 6.95. The Hall–Kier alpha value is -3.46. The van der Waals surface area contributed by atoms with Crippen LogP contribution in [0.15, 0.2) is 53.9 Å². The molecule has 3 heterocycles. The second-order valence-electron chi connectivity index (χ2n) is 6.11. The minimum Gasteiger partial charge on any atom is -0.485 e. The van der Waals surface area contributed by atoms with Crippen LogP contribution < -0.4 is 14.8 Å². The number of para-hydroxylation sites is 2. The van der Waals surface area contributed by atoms with Crippen molar-refractivity contribution in [2.24, 2.45) is 0 Å². The maximum Gasteiger partial charge on any atom is 0.271 e. The third kappa shape index (κ3) is 2.95. The highest BCUT2D eigenvalue weighted by molar-refractivity contribution is 7.15. The number of carbonyl (C=O) groups excluding carboxylic acids is 1. The van der Waals surface area contributed by atoms with Crippen LogP contribution in [0.5, 0.6) is 11.5 Å². The Labute approximate surface area is 162 Å². The molecule has 1 N–H and O–H groups in total. The number of nitrogens with zero attached hydrogens (tertiary/aromatic N) is 3. The number of halogens is 1. The van der Waals surface area contributed by atoms with Crippen molar-refractivity contribution >= 4 is 28.2 Å². The number of amides is 1. The zero-order valence-corrected chi connectivity index (χ0v) is 15.1. The van der Waals surface area contributed by atoms with Crippen LogP contribution in [0.25, 0.3) is 16.2 Å². The smallest absolute Gasteiger partial charge is 0.271 e. The summed E-state index contributed by atoms with van der Waals surface area (Å²) >= 11 is 1.38. The number of carbonyl (C=O) groups is 1. The predicted octanol–water partition coefficient (Wildman–Crippen LogP) is 3.38. The van der Waals surface area contributed by atoms with Gasteiger partial charge in [0, 0.05) is 10.9 Å². The van der Waals surface area contributed by atoms with Crippen molar-refractivity contribution in [3.8, 4) is 22.8 Å². The Morgan fingerprint density at radius 2 is 1.96 bits per heavy atom. The van der Waals surface area contributed by atoms with Gasteiger partial charge in [-0.2, -0.15) is 4.98 Å². The molecule has 140 valence electrons. The van der Waals surface area contributed by atoms with Crippen LogP contribution in [0.2, 0.25) is 0 Å². The number of thiazole rings is 1. The highest BCUT2D eigenvalue weighted by atomic mass is 32.1. The molecule has 0 fully saturated rings. The second kappa shape index (κ2) is 6.61. The number of hydrogen-bond donors (Lipinski definition) is 1. The summed E-state index contributed by atoms with van der Waals surface area (Å²) in [5.41, 5.74) is 1.57. The summed E-state index contributed by atoms with van der Waals surface area (Å²) < 4.78 is 26.0. The number of fused-ring (bicyclic) bond motifs is 2. The normalized spacial score (nSPS) is 15.5. The van der Waals surface area contributed by atoms with E-state index in [1.54, 1.807) is 28.8 Å². The Kier molecular flexibility index (Phi) is 3.94. The molecule has 2 aromatic heterocycles. The molecule has 1 aliphatic heterocycles. The highest BCUT2D eigenvalue weighted by Gasteiger charge is 2.28. The lowest BCUT2D eigenvalue weighted by Crippen LogP contribution is -2.40. The molecule has 0 saturated heterocycles. The fraction of sp³-hybridized carbons (Fsp3) is 0.105. The van der Waals surface area contributed by atoms with Crippen LogP contribution >= 0.6 is 11.3 Å². The van der Waals surface area contributed by atoms with E-state index < -0.39 is 12.0 Å². The van der Waals surface area contributed by atoms with Gasteiger partial charge in [-0.1, -0.05) is 12.1 Å². The molecular formula is C19H13FN4O3S. The average Bonchev–Trinajstić information content (AvgIpc) is 3.28. The van der Waals surface area contributed by atoms with Gasteiger partial charge in [0.1, 0.15) is 12.4 Å². The fourth-order valence-corrected chi connectivity index (χ4v) is 3.72. The zero-order chi connectivity index (χ0) is 19.1. The van der Waals surface area contributed by atoms with Crippen LogP contribution in [-0.4, -0.2) is 33.2 Å². The van der Waals surface area contributed by atoms with Crippen molar-refractivity contribution in [2.75, 3.05) is 11.9 Å². The topological polar surface area (TPSA) is 77.8 Å². The quantitative estimate of drug-likeness (QED) is 0.575. The van der Waals surface area contributed by atoms with E-state index in [4.69, 9.17) is 9.47 Å². The minimum absolute atomic E-state index is 0.103. The summed E-state index contributed by atoms with van der Waals surface area (Å²) in [7, 11) is 0. The largest absolute Gasteiger partial charge is 0.485 e. The SMILES string of the molecule is O=C(Nc1nc2scc(-c3ccc(F)cc3)n2n1)C1COc2ccccc2O1. The van der Waals surface area contributed by atoms with E-state index in [1.807, 2.05) is 17.5 Å². The van der Waals surface area contributed by atoms with Crippen LogP contribution in [0.4, 0.5) is 10.3 Å². The van der Waals surface area contributed by atoms with Crippen LogP contribution in [0.3, 0.4) is 0 Å². The Bertz CT molecular complexity index is 1170. The first-order valence-corrected chi connectivity index (χ1v) is 9.35. The molecule has 1 unspecified atom stereocenters. The monoisotopic (exact) mass is 396 g/mol. The first kappa shape index (κ1) is 16.7. The fourth-order valence-electron chi connectivity index (χ4n) is 2.89. The van der Waals surface area contributed by atoms with Crippen LogP contribution in [0.1, 0.15) is 0 Å². The van der Waals surface area contributed by atoms with E-state index in [2.05, 4.69) is 15.4 Å². The summed E-state index contributed by atoms with van der Waals surface area (Å²) in [6.07, 6.45) is -0.798. The first-order valence-electron chi connectivity index (χ1n) is 8.47. The van der Waals surface area contributed by atoms with Gasteiger partial charge in [0.2, 0.25) is 11.1 Å². The number of benzene rings is 2. The van der Waals surface area contributed by atoms with E-state index >= 15 is 0 Å². The maximum atomic E-state index is 13.2. The first-order chi connectivity index (χ1) is 13.7. The molecule has 7 nitrogen and oxygen atoms in total. The molecule has 0 spiro atoms. The molecule has 0 bridgehead atoms. The Morgan fingerprint density at radius 1 is 1.18 bits per heavy atom. The lowest BCUT2D eigenvalue weighted by molar-refractivity contribution is -0.125. The lowest BCUT2D eigenvalue weighted by Gasteiger charge is -2.25. The molecular weight excluding hydrogens is 383 g/mol. The molecule has 1 aliphatic rings. The highest BCUT2D eigenvalue weighted by Crippen LogP contribution is 2.31. The van der Waals surface area contributed by atoms with Gasteiger partial charge in [0.05, 0.1) is 5.69 Å². The molecule has 1 atom stereocenters. The molecule has 0 radical (unpaired) electrons. The number of anilines is 1. The molecule has 9 heteroatoms. The van der Waals surface area contributed by atoms with Gasteiger partial charge >= 0.3 is 0 Å². The van der Waals surface area contributed by atoms with Crippen molar-refractivity contribution in [3.63, 3.8) is 0 Å². The number of ether oxygens (including phenoxy) is 2. The summed E-state index contributed by atoms with van der Waals surface area (Å²) in [6.45, 7) is 0.103. The number of aromatic nitrogens is 3. The summed E-state index contributed by atoms with van der Waals surface area (Å²) in [5, 5.41) is 8.89. The van der Waals surface area contributed by atoms with Gasteiger partial charge in [-0.15, -0.1) is 16.4 Å². The van der Waals surface area contributed by atoms with Crippen LogP contribution in [-0.2, 0) is 4.79 Å². The molecule has 0 aliphatic carbocycles. The van der Waals surface area contributed by atoms with E-state index in [1.165, 1.54) is 23.5 Å². The molecule has 4 aromatic rings. The third-order valence-electron chi connectivity index (χ3n) is 4.26. The van der Waals surface area contributed by atoms with Gasteiger partial charge in [-0.3, -0.25) is 10.1 Å². The van der Waals surface area contributed by atoms with E-state index in [0.29, 0.717) is 16.5 Å². The maximum absolute atomic E-state index is 13.2. The zero-order valence-electron chi connectivity index (χ0n) is 14.3.